The summed E-state index contributed by atoms with van der Waals surface area (Å²) < 4.78 is 10.1. The molecule has 1 aromatic rings. The third-order valence-electron chi connectivity index (χ3n) is 4.07. The smallest absolute Gasteiger partial charge is 0.252 e. The van der Waals surface area contributed by atoms with E-state index in [4.69, 9.17) is 9.26 Å². The molecule has 7 nitrogen and oxygen atoms in total. The third-order valence-corrected chi connectivity index (χ3v) is 4.07. The number of likely N-dealkylation sites (tertiary alicyclic amines) is 1. The van der Waals surface area contributed by atoms with E-state index in [1.54, 1.807) is 7.11 Å². The number of rotatable bonds is 7. The predicted molar refractivity (Wildman–Crippen MR) is 80.9 cm³/mol. The average Bonchev–Trinajstić information content (AvgIpc) is 2.96. The second kappa shape index (κ2) is 8.24. The first-order valence-electron chi connectivity index (χ1n) is 7.99. The first-order valence-corrected chi connectivity index (χ1v) is 7.99. The molecule has 7 heteroatoms. The summed E-state index contributed by atoms with van der Waals surface area (Å²) >= 11 is 0. The van der Waals surface area contributed by atoms with Gasteiger partial charge in [0, 0.05) is 26.7 Å². The van der Waals surface area contributed by atoms with E-state index in [1.165, 1.54) is 0 Å². The van der Waals surface area contributed by atoms with Gasteiger partial charge in [-0.05, 0) is 33.2 Å². The standard InChI is InChI=1S/C15H26N4O3/c1-4-19(5-2)15(20)12-7-6-8-18(9-12)10-13-16-14(11-21-3)22-17-13/h12H,4-11H2,1-3H3/t12-/m1/s1. The number of amides is 1. The van der Waals surface area contributed by atoms with Crippen LogP contribution in [0.4, 0.5) is 0 Å². The first kappa shape index (κ1) is 16.9. The molecule has 0 aromatic carbocycles. The Morgan fingerprint density at radius 3 is 2.91 bits per heavy atom. The molecule has 0 saturated carbocycles. The SMILES string of the molecule is CCN(CC)C(=O)[C@@H]1CCCN(Cc2noc(COC)n2)C1. The number of piperidine rings is 1. The van der Waals surface area contributed by atoms with Crippen molar-refractivity contribution in [3.8, 4) is 0 Å². The summed E-state index contributed by atoms with van der Waals surface area (Å²) in [5.74, 6) is 1.50. The molecule has 0 unspecified atom stereocenters. The molecule has 2 rings (SSSR count). The molecule has 0 bridgehead atoms. The lowest BCUT2D eigenvalue weighted by Crippen LogP contribution is -2.44. The van der Waals surface area contributed by atoms with Crippen LogP contribution in [0.3, 0.4) is 0 Å². The molecule has 1 aliphatic heterocycles. The highest BCUT2D eigenvalue weighted by atomic mass is 16.5. The van der Waals surface area contributed by atoms with Crippen molar-refractivity contribution in [2.24, 2.45) is 5.92 Å². The number of ether oxygens (including phenoxy) is 1. The van der Waals surface area contributed by atoms with Crippen LogP contribution in [0.5, 0.6) is 0 Å². The minimum atomic E-state index is 0.0824. The molecule has 0 radical (unpaired) electrons. The van der Waals surface area contributed by atoms with Crippen molar-refractivity contribution in [3.05, 3.63) is 11.7 Å². The van der Waals surface area contributed by atoms with Crippen LogP contribution in [0.15, 0.2) is 4.52 Å². The predicted octanol–water partition coefficient (Wildman–Crippen LogP) is 1.30. The summed E-state index contributed by atoms with van der Waals surface area (Å²) in [7, 11) is 1.60. The number of methoxy groups -OCH3 is 1. The maximum Gasteiger partial charge on any atom is 0.252 e. The summed E-state index contributed by atoms with van der Waals surface area (Å²) in [6, 6.07) is 0. The molecular weight excluding hydrogens is 284 g/mol. The summed E-state index contributed by atoms with van der Waals surface area (Å²) in [5, 5.41) is 3.96. The topological polar surface area (TPSA) is 71.7 Å². The highest BCUT2D eigenvalue weighted by molar-refractivity contribution is 5.79. The maximum absolute atomic E-state index is 12.5. The van der Waals surface area contributed by atoms with Crippen molar-refractivity contribution >= 4 is 5.91 Å². The van der Waals surface area contributed by atoms with Gasteiger partial charge in [-0.3, -0.25) is 9.69 Å². The van der Waals surface area contributed by atoms with Crippen LogP contribution in [0.25, 0.3) is 0 Å². The number of aromatic nitrogens is 2. The van der Waals surface area contributed by atoms with Crippen molar-refractivity contribution in [1.29, 1.82) is 0 Å². The van der Waals surface area contributed by atoms with Gasteiger partial charge in [0.1, 0.15) is 6.61 Å². The highest BCUT2D eigenvalue weighted by Crippen LogP contribution is 2.20. The van der Waals surface area contributed by atoms with Crippen LogP contribution in [-0.2, 0) is 22.7 Å². The molecule has 1 fully saturated rings. The summed E-state index contributed by atoms with van der Waals surface area (Å²) in [4.78, 5) is 20.9. The fourth-order valence-electron chi connectivity index (χ4n) is 2.93. The Morgan fingerprint density at radius 2 is 2.23 bits per heavy atom. The lowest BCUT2D eigenvalue weighted by atomic mass is 9.96. The van der Waals surface area contributed by atoms with Gasteiger partial charge in [0.05, 0.1) is 12.5 Å². The van der Waals surface area contributed by atoms with E-state index in [0.717, 1.165) is 39.0 Å². The quantitative estimate of drug-likeness (QED) is 0.756. The van der Waals surface area contributed by atoms with E-state index in [1.807, 2.05) is 18.7 Å². The number of nitrogens with zero attached hydrogens (tertiary/aromatic N) is 4. The fraction of sp³-hybridized carbons (Fsp3) is 0.800. The minimum Gasteiger partial charge on any atom is -0.375 e. The zero-order chi connectivity index (χ0) is 15.9. The Kier molecular flexibility index (Phi) is 6.33. The largest absolute Gasteiger partial charge is 0.375 e. The van der Waals surface area contributed by atoms with Crippen LogP contribution in [0.2, 0.25) is 0 Å². The number of carbonyl (C=O) groups excluding carboxylic acids is 1. The van der Waals surface area contributed by atoms with Gasteiger partial charge in [0.25, 0.3) is 5.89 Å². The Labute approximate surface area is 131 Å². The van der Waals surface area contributed by atoms with Crippen LogP contribution >= 0.6 is 0 Å². The number of hydrogen-bond acceptors (Lipinski definition) is 6. The van der Waals surface area contributed by atoms with Gasteiger partial charge in [-0.15, -0.1) is 0 Å². The van der Waals surface area contributed by atoms with Crippen molar-refractivity contribution in [2.45, 2.75) is 39.8 Å². The van der Waals surface area contributed by atoms with E-state index in [0.29, 0.717) is 24.9 Å². The van der Waals surface area contributed by atoms with Crippen LogP contribution < -0.4 is 0 Å². The van der Waals surface area contributed by atoms with Crippen molar-refractivity contribution in [2.75, 3.05) is 33.3 Å². The minimum absolute atomic E-state index is 0.0824. The zero-order valence-corrected chi connectivity index (χ0v) is 13.7. The monoisotopic (exact) mass is 310 g/mol. The van der Waals surface area contributed by atoms with E-state index in [2.05, 4.69) is 15.0 Å². The molecule has 2 heterocycles. The molecule has 1 aromatic heterocycles. The molecule has 22 heavy (non-hydrogen) atoms. The van der Waals surface area contributed by atoms with E-state index < -0.39 is 0 Å². The van der Waals surface area contributed by atoms with E-state index in [9.17, 15) is 4.79 Å². The van der Waals surface area contributed by atoms with Gasteiger partial charge < -0.3 is 14.2 Å². The van der Waals surface area contributed by atoms with Crippen LogP contribution in [-0.4, -0.2) is 59.1 Å². The van der Waals surface area contributed by atoms with Gasteiger partial charge in [0.2, 0.25) is 5.91 Å². The third kappa shape index (κ3) is 4.27. The maximum atomic E-state index is 12.5. The van der Waals surface area contributed by atoms with Crippen molar-refractivity contribution in [3.63, 3.8) is 0 Å². The Hall–Kier alpha value is -1.47. The van der Waals surface area contributed by atoms with Crippen LogP contribution in [0, 0.1) is 5.92 Å². The molecule has 1 saturated heterocycles. The van der Waals surface area contributed by atoms with Gasteiger partial charge in [-0.25, -0.2) is 0 Å². The lowest BCUT2D eigenvalue weighted by Gasteiger charge is -2.33. The molecule has 0 N–H and O–H groups in total. The van der Waals surface area contributed by atoms with Gasteiger partial charge in [-0.2, -0.15) is 4.98 Å². The number of hydrogen-bond donors (Lipinski definition) is 0. The van der Waals surface area contributed by atoms with Crippen molar-refractivity contribution < 1.29 is 14.1 Å². The molecule has 124 valence electrons. The van der Waals surface area contributed by atoms with E-state index >= 15 is 0 Å². The van der Waals surface area contributed by atoms with Gasteiger partial charge in [-0.1, -0.05) is 5.16 Å². The molecule has 1 atom stereocenters. The fourth-order valence-corrected chi connectivity index (χ4v) is 2.93. The molecule has 0 aliphatic carbocycles. The molecule has 1 aliphatic rings. The summed E-state index contributed by atoms with van der Waals surface area (Å²) in [6.07, 6.45) is 1.99. The Balaban J connectivity index is 1.91. The molecule has 0 spiro atoms. The molecular formula is C15H26N4O3. The number of carbonyl (C=O) groups is 1. The Morgan fingerprint density at radius 1 is 1.45 bits per heavy atom. The average molecular weight is 310 g/mol. The normalized spacial score (nSPS) is 19.3. The Bertz CT molecular complexity index is 473. The van der Waals surface area contributed by atoms with Gasteiger partial charge in [0.15, 0.2) is 5.82 Å². The second-order valence-corrected chi connectivity index (χ2v) is 5.62. The first-order chi connectivity index (χ1) is 10.7. The second-order valence-electron chi connectivity index (χ2n) is 5.62. The summed E-state index contributed by atoms with van der Waals surface area (Å²) in [6.45, 7) is 8.29. The van der Waals surface area contributed by atoms with Crippen molar-refractivity contribution in [1.82, 2.24) is 19.9 Å². The molecule has 1 amide bonds. The van der Waals surface area contributed by atoms with Crippen LogP contribution in [0.1, 0.15) is 38.4 Å². The summed E-state index contributed by atoms with van der Waals surface area (Å²) in [5.41, 5.74) is 0. The van der Waals surface area contributed by atoms with Gasteiger partial charge >= 0.3 is 0 Å². The lowest BCUT2D eigenvalue weighted by molar-refractivity contribution is -0.137. The van der Waals surface area contributed by atoms with E-state index in [-0.39, 0.29) is 11.8 Å². The highest BCUT2D eigenvalue weighted by Gasteiger charge is 2.28. The zero-order valence-electron chi connectivity index (χ0n) is 13.7.